The molecule has 3 rings (SSSR count). The van der Waals surface area contributed by atoms with Crippen LogP contribution in [-0.2, 0) is 23.9 Å². The molecular weight excluding hydrogens is 464 g/mol. The van der Waals surface area contributed by atoms with Crippen LogP contribution in [0.25, 0.3) is 0 Å². The molecule has 0 aliphatic carbocycles. The molecule has 1 heterocycles. The minimum atomic E-state index is -0.661. The number of anilines is 1. The number of esters is 2. The van der Waals surface area contributed by atoms with Crippen molar-refractivity contribution in [3.63, 3.8) is 0 Å². The number of para-hydroxylation sites is 2. The molecule has 2 atom stereocenters. The molecule has 9 nitrogen and oxygen atoms in total. The molecule has 2 aromatic rings. The summed E-state index contributed by atoms with van der Waals surface area (Å²) in [5, 5.41) is 2.59. The van der Waals surface area contributed by atoms with E-state index >= 15 is 0 Å². The lowest BCUT2D eigenvalue weighted by atomic mass is 9.83. The van der Waals surface area contributed by atoms with Gasteiger partial charge in [-0.2, -0.15) is 0 Å². The third kappa shape index (κ3) is 6.21. The lowest BCUT2D eigenvalue weighted by Crippen LogP contribution is -2.46. The van der Waals surface area contributed by atoms with E-state index in [4.69, 9.17) is 14.2 Å². The van der Waals surface area contributed by atoms with E-state index in [-0.39, 0.29) is 23.6 Å². The van der Waals surface area contributed by atoms with Crippen molar-refractivity contribution < 1.29 is 33.4 Å². The number of carbonyl (C=O) groups is 4. The lowest BCUT2D eigenvalue weighted by molar-refractivity contribution is -0.159. The van der Waals surface area contributed by atoms with Gasteiger partial charge >= 0.3 is 11.9 Å². The average molecular weight is 497 g/mol. The highest BCUT2D eigenvalue weighted by Crippen LogP contribution is 2.41. The summed E-state index contributed by atoms with van der Waals surface area (Å²) in [6.07, 6.45) is 2.20. The Morgan fingerprint density at radius 3 is 2.50 bits per heavy atom. The number of likely N-dealkylation sites (tertiary alicyclic amines) is 1. The minimum absolute atomic E-state index is 0.0273. The second kappa shape index (κ2) is 12.7. The second-order valence-corrected chi connectivity index (χ2v) is 8.47. The molecule has 1 aliphatic rings. The SMILES string of the molecule is CCCCN1C(=O)CCC(C(=O)OCC(=O)Nc2ccccc2C(=O)OC)C1c1ccccc1OC. The van der Waals surface area contributed by atoms with Crippen molar-refractivity contribution in [2.24, 2.45) is 5.92 Å². The van der Waals surface area contributed by atoms with Gasteiger partial charge < -0.3 is 24.4 Å². The Bertz CT molecular complexity index is 1100. The van der Waals surface area contributed by atoms with Crippen LogP contribution < -0.4 is 10.1 Å². The highest BCUT2D eigenvalue weighted by molar-refractivity contribution is 6.01. The predicted octanol–water partition coefficient (Wildman–Crippen LogP) is 3.74. The van der Waals surface area contributed by atoms with Crippen molar-refractivity contribution in [2.75, 3.05) is 32.7 Å². The summed E-state index contributed by atoms with van der Waals surface area (Å²) < 4.78 is 15.7. The van der Waals surface area contributed by atoms with Crippen LogP contribution in [0.15, 0.2) is 48.5 Å². The van der Waals surface area contributed by atoms with Crippen LogP contribution in [0.1, 0.15) is 54.6 Å². The summed E-state index contributed by atoms with van der Waals surface area (Å²) in [6, 6.07) is 13.1. The van der Waals surface area contributed by atoms with Gasteiger partial charge in [0.15, 0.2) is 6.61 Å². The molecule has 2 amide bonds. The molecule has 0 spiro atoms. The molecule has 192 valence electrons. The van der Waals surface area contributed by atoms with Gasteiger partial charge in [-0.1, -0.05) is 43.7 Å². The molecule has 36 heavy (non-hydrogen) atoms. The van der Waals surface area contributed by atoms with Gasteiger partial charge in [-0.15, -0.1) is 0 Å². The van der Waals surface area contributed by atoms with Crippen molar-refractivity contribution >= 4 is 29.4 Å². The van der Waals surface area contributed by atoms with Crippen LogP contribution in [-0.4, -0.2) is 56.0 Å². The first-order chi connectivity index (χ1) is 17.4. The Hall–Kier alpha value is -3.88. The van der Waals surface area contributed by atoms with Gasteiger partial charge in [0.25, 0.3) is 5.91 Å². The summed E-state index contributed by atoms with van der Waals surface area (Å²) in [5.74, 6) is -1.87. The van der Waals surface area contributed by atoms with E-state index in [0.717, 1.165) is 18.4 Å². The molecule has 9 heteroatoms. The zero-order valence-electron chi connectivity index (χ0n) is 20.8. The Morgan fingerprint density at radius 1 is 1.06 bits per heavy atom. The number of nitrogens with zero attached hydrogens (tertiary/aromatic N) is 1. The van der Waals surface area contributed by atoms with Crippen LogP contribution in [0.2, 0.25) is 0 Å². The Kier molecular flexibility index (Phi) is 9.44. The number of amides is 2. The molecule has 0 saturated carbocycles. The number of carbonyl (C=O) groups excluding carboxylic acids is 4. The Balaban J connectivity index is 1.77. The first kappa shape index (κ1) is 26.7. The van der Waals surface area contributed by atoms with Gasteiger partial charge in [0.05, 0.1) is 37.4 Å². The maximum Gasteiger partial charge on any atom is 0.339 e. The summed E-state index contributed by atoms with van der Waals surface area (Å²) in [7, 11) is 2.79. The van der Waals surface area contributed by atoms with Gasteiger partial charge in [-0.25, -0.2) is 4.79 Å². The van der Waals surface area contributed by atoms with Crippen molar-refractivity contribution in [2.45, 2.75) is 38.6 Å². The summed E-state index contributed by atoms with van der Waals surface area (Å²) in [5.41, 5.74) is 1.17. The highest BCUT2D eigenvalue weighted by atomic mass is 16.5. The molecule has 1 saturated heterocycles. The fraction of sp³-hybridized carbons (Fsp3) is 0.407. The standard InChI is InChI=1S/C27H32N2O7/c1-4-5-16-29-24(31)15-14-20(25(29)19-11-7-9-13-22(19)34-2)27(33)36-17-23(30)28-21-12-8-6-10-18(21)26(32)35-3/h6-13,20,25H,4-5,14-17H2,1-3H3,(H,28,30). The van der Waals surface area contributed by atoms with Gasteiger partial charge in [-0.05, 0) is 31.0 Å². The Morgan fingerprint density at radius 2 is 1.78 bits per heavy atom. The fourth-order valence-electron chi connectivity index (χ4n) is 4.40. The summed E-state index contributed by atoms with van der Waals surface area (Å²) >= 11 is 0. The minimum Gasteiger partial charge on any atom is -0.496 e. The van der Waals surface area contributed by atoms with Crippen LogP contribution in [0.4, 0.5) is 5.69 Å². The van der Waals surface area contributed by atoms with Crippen molar-refractivity contribution in [1.29, 1.82) is 0 Å². The topological polar surface area (TPSA) is 111 Å². The first-order valence-electron chi connectivity index (χ1n) is 12.0. The number of rotatable bonds is 10. The molecule has 1 fully saturated rings. The van der Waals surface area contributed by atoms with Crippen LogP contribution in [0.5, 0.6) is 5.75 Å². The molecule has 0 bridgehead atoms. The van der Waals surface area contributed by atoms with E-state index < -0.39 is 36.4 Å². The maximum absolute atomic E-state index is 13.2. The number of hydrogen-bond donors (Lipinski definition) is 1. The number of hydrogen-bond acceptors (Lipinski definition) is 7. The fourth-order valence-corrected chi connectivity index (χ4v) is 4.40. The van der Waals surface area contributed by atoms with E-state index in [9.17, 15) is 19.2 Å². The third-order valence-corrected chi connectivity index (χ3v) is 6.17. The van der Waals surface area contributed by atoms with Crippen LogP contribution in [0, 0.1) is 5.92 Å². The van der Waals surface area contributed by atoms with Crippen LogP contribution in [0.3, 0.4) is 0 Å². The quantitative estimate of drug-likeness (QED) is 0.499. The zero-order valence-corrected chi connectivity index (χ0v) is 20.8. The molecule has 0 radical (unpaired) electrons. The number of ether oxygens (including phenoxy) is 3. The van der Waals surface area contributed by atoms with E-state index in [0.29, 0.717) is 18.7 Å². The summed E-state index contributed by atoms with van der Waals surface area (Å²) in [6.45, 7) is 2.01. The first-order valence-corrected chi connectivity index (χ1v) is 12.0. The third-order valence-electron chi connectivity index (χ3n) is 6.17. The summed E-state index contributed by atoms with van der Waals surface area (Å²) in [4.78, 5) is 52.3. The molecule has 1 N–H and O–H groups in total. The highest BCUT2D eigenvalue weighted by Gasteiger charge is 2.42. The zero-order chi connectivity index (χ0) is 26.1. The number of unbranched alkanes of at least 4 members (excludes halogenated alkanes) is 1. The largest absolute Gasteiger partial charge is 0.496 e. The number of methoxy groups -OCH3 is 2. The predicted molar refractivity (Wildman–Crippen MR) is 132 cm³/mol. The van der Waals surface area contributed by atoms with Gasteiger partial charge in [0, 0.05) is 18.5 Å². The molecule has 2 aromatic carbocycles. The van der Waals surface area contributed by atoms with E-state index in [2.05, 4.69) is 5.32 Å². The Labute approximate surface area is 210 Å². The van der Waals surface area contributed by atoms with E-state index in [1.54, 1.807) is 36.3 Å². The van der Waals surface area contributed by atoms with Crippen molar-refractivity contribution in [1.82, 2.24) is 4.90 Å². The molecular formula is C27H32N2O7. The van der Waals surface area contributed by atoms with E-state index in [1.165, 1.54) is 13.2 Å². The van der Waals surface area contributed by atoms with Gasteiger partial charge in [0.1, 0.15) is 5.75 Å². The van der Waals surface area contributed by atoms with Gasteiger partial charge in [-0.3, -0.25) is 14.4 Å². The van der Waals surface area contributed by atoms with E-state index in [1.807, 2.05) is 25.1 Å². The number of nitrogens with one attached hydrogen (secondary N) is 1. The van der Waals surface area contributed by atoms with Crippen molar-refractivity contribution in [3.05, 3.63) is 59.7 Å². The average Bonchev–Trinajstić information content (AvgIpc) is 2.90. The molecule has 1 aliphatic heterocycles. The van der Waals surface area contributed by atoms with Crippen molar-refractivity contribution in [3.8, 4) is 5.75 Å². The smallest absolute Gasteiger partial charge is 0.339 e. The molecule has 2 unspecified atom stereocenters. The normalized spacial score (nSPS) is 17.3. The monoisotopic (exact) mass is 496 g/mol. The number of benzene rings is 2. The lowest BCUT2D eigenvalue weighted by Gasteiger charge is -2.40. The maximum atomic E-state index is 13.2. The number of piperidine rings is 1. The van der Waals surface area contributed by atoms with Gasteiger partial charge in [0.2, 0.25) is 5.91 Å². The van der Waals surface area contributed by atoms with Crippen LogP contribution >= 0.6 is 0 Å². The second-order valence-electron chi connectivity index (χ2n) is 8.47. The molecule has 0 aromatic heterocycles.